The monoisotopic (exact) mass is 210 g/mol. The fraction of sp³-hybridized carbons (Fsp3) is 0.222. The highest BCUT2D eigenvalue weighted by Crippen LogP contribution is 2.24. The van der Waals surface area contributed by atoms with Crippen molar-refractivity contribution in [1.29, 1.82) is 0 Å². The first kappa shape index (κ1) is 9.36. The number of hydrogen-bond donors (Lipinski definition) is 1. The molecule has 0 spiro atoms. The van der Waals surface area contributed by atoms with Gasteiger partial charge in [-0.2, -0.15) is 0 Å². The van der Waals surface area contributed by atoms with Gasteiger partial charge < -0.3 is 0 Å². The second kappa shape index (κ2) is 2.90. The molecule has 4 nitrogen and oxygen atoms in total. The van der Waals surface area contributed by atoms with Gasteiger partial charge in [-0.3, -0.25) is 4.99 Å². The second-order valence-electron chi connectivity index (χ2n) is 3.23. The Balaban J connectivity index is 2.70. The van der Waals surface area contributed by atoms with Crippen LogP contribution in [-0.2, 0) is 16.6 Å². The third-order valence-corrected chi connectivity index (χ3v) is 3.30. The molecule has 5 heteroatoms. The van der Waals surface area contributed by atoms with Gasteiger partial charge >= 0.3 is 0 Å². The molecule has 0 radical (unpaired) electrons. The van der Waals surface area contributed by atoms with Gasteiger partial charge in [-0.1, -0.05) is 12.1 Å². The van der Waals surface area contributed by atoms with E-state index in [1.807, 2.05) is 13.0 Å². The van der Waals surface area contributed by atoms with Gasteiger partial charge in [0.1, 0.15) is 0 Å². The maximum Gasteiger partial charge on any atom is 0.238 e. The van der Waals surface area contributed by atoms with E-state index in [1.54, 1.807) is 6.07 Å². The Morgan fingerprint density at radius 1 is 1.43 bits per heavy atom. The number of benzene rings is 1. The quantitative estimate of drug-likeness (QED) is 0.739. The molecule has 0 saturated heterocycles. The van der Waals surface area contributed by atoms with Gasteiger partial charge in [0.2, 0.25) is 10.0 Å². The zero-order valence-electron chi connectivity index (χ0n) is 7.69. The average molecular weight is 210 g/mol. The van der Waals surface area contributed by atoms with E-state index in [0.29, 0.717) is 12.1 Å². The third kappa shape index (κ3) is 1.34. The van der Waals surface area contributed by atoms with E-state index >= 15 is 0 Å². The molecule has 74 valence electrons. The lowest BCUT2D eigenvalue weighted by atomic mass is 10.1. The molecule has 0 bridgehead atoms. The summed E-state index contributed by atoms with van der Waals surface area (Å²) >= 11 is 0. The maximum atomic E-state index is 11.2. The van der Waals surface area contributed by atoms with E-state index in [-0.39, 0.29) is 4.90 Å². The van der Waals surface area contributed by atoms with Crippen molar-refractivity contribution >= 4 is 15.7 Å². The molecule has 0 aromatic heterocycles. The predicted octanol–water partition coefficient (Wildman–Crippen LogP) is 0.657. The molecule has 1 aromatic carbocycles. The van der Waals surface area contributed by atoms with Crippen LogP contribution in [0.5, 0.6) is 0 Å². The van der Waals surface area contributed by atoms with Crippen LogP contribution in [0.4, 0.5) is 0 Å². The van der Waals surface area contributed by atoms with Crippen LogP contribution in [0.1, 0.15) is 18.1 Å². The van der Waals surface area contributed by atoms with Crippen LogP contribution in [0.25, 0.3) is 0 Å². The first-order valence-corrected chi connectivity index (χ1v) is 5.71. The van der Waals surface area contributed by atoms with Crippen molar-refractivity contribution in [2.24, 2.45) is 10.1 Å². The van der Waals surface area contributed by atoms with Gasteiger partial charge in [-0.25, -0.2) is 13.6 Å². The Labute approximate surface area is 82.5 Å². The van der Waals surface area contributed by atoms with Gasteiger partial charge in [-0.15, -0.1) is 0 Å². The molecule has 1 aliphatic heterocycles. The zero-order chi connectivity index (χ0) is 10.3. The van der Waals surface area contributed by atoms with Crippen LogP contribution in [0.2, 0.25) is 0 Å². The van der Waals surface area contributed by atoms with Gasteiger partial charge in [0.25, 0.3) is 0 Å². The summed E-state index contributed by atoms with van der Waals surface area (Å²) in [5, 5.41) is 5.10. The number of nitrogens with two attached hydrogens (primary N) is 1. The van der Waals surface area contributed by atoms with Crippen molar-refractivity contribution in [3.8, 4) is 0 Å². The molecular weight excluding hydrogens is 200 g/mol. The van der Waals surface area contributed by atoms with Crippen molar-refractivity contribution in [2.75, 3.05) is 0 Å². The summed E-state index contributed by atoms with van der Waals surface area (Å²) in [7, 11) is -3.62. The molecule has 0 aliphatic carbocycles. The highest BCUT2D eigenvalue weighted by molar-refractivity contribution is 7.89. The molecule has 0 unspecified atom stereocenters. The summed E-state index contributed by atoms with van der Waals surface area (Å²) < 4.78 is 22.5. The fourth-order valence-corrected chi connectivity index (χ4v) is 2.40. The lowest BCUT2D eigenvalue weighted by Crippen LogP contribution is -2.14. The summed E-state index contributed by atoms with van der Waals surface area (Å²) in [4.78, 5) is 4.37. The first-order valence-electron chi connectivity index (χ1n) is 4.16. The number of aliphatic imine (C=N–C) groups is 1. The molecule has 14 heavy (non-hydrogen) atoms. The van der Waals surface area contributed by atoms with Crippen LogP contribution in [0.15, 0.2) is 28.1 Å². The normalized spacial score (nSPS) is 15.1. The van der Waals surface area contributed by atoms with Gasteiger partial charge in [0.15, 0.2) is 0 Å². The van der Waals surface area contributed by atoms with Gasteiger partial charge in [0.05, 0.1) is 11.4 Å². The minimum Gasteiger partial charge on any atom is -0.285 e. The van der Waals surface area contributed by atoms with Crippen molar-refractivity contribution < 1.29 is 8.42 Å². The van der Waals surface area contributed by atoms with E-state index in [2.05, 4.69) is 4.99 Å². The lowest BCUT2D eigenvalue weighted by molar-refractivity contribution is 0.596. The minimum atomic E-state index is -3.62. The van der Waals surface area contributed by atoms with Crippen molar-refractivity contribution in [1.82, 2.24) is 0 Å². The molecule has 0 amide bonds. The Morgan fingerprint density at radius 3 is 2.79 bits per heavy atom. The molecule has 0 fully saturated rings. The van der Waals surface area contributed by atoms with Crippen LogP contribution < -0.4 is 5.14 Å². The van der Waals surface area contributed by atoms with Crippen LogP contribution in [-0.4, -0.2) is 14.1 Å². The molecule has 1 aromatic rings. The predicted molar refractivity (Wildman–Crippen MR) is 53.7 cm³/mol. The Hall–Kier alpha value is -1.20. The van der Waals surface area contributed by atoms with Crippen molar-refractivity contribution in [2.45, 2.75) is 18.4 Å². The summed E-state index contributed by atoms with van der Waals surface area (Å²) in [6, 6.07) is 5.06. The summed E-state index contributed by atoms with van der Waals surface area (Å²) in [5.41, 5.74) is 2.47. The van der Waals surface area contributed by atoms with E-state index < -0.39 is 10.0 Å². The minimum absolute atomic E-state index is 0.190. The first-order chi connectivity index (χ1) is 6.50. The maximum absolute atomic E-state index is 11.2. The van der Waals surface area contributed by atoms with Gasteiger partial charge in [-0.05, 0) is 13.0 Å². The fourth-order valence-electron chi connectivity index (χ4n) is 1.62. The third-order valence-electron chi connectivity index (χ3n) is 2.30. The molecule has 2 N–H and O–H groups in total. The number of rotatable bonds is 1. The van der Waals surface area contributed by atoms with Crippen molar-refractivity contribution in [3.63, 3.8) is 0 Å². The largest absolute Gasteiger partial charge is 0.285 e. The standard InChI is InChI=1S/C9H10N2O2S/c1-6-7-3-2-4-9(14(10,12)13)8(7)5-11-6/h2-4H,5H2,1H3,(H2,10,12,13). The number of fused-ring (bicyclic) bond motifs is 1. The summed E-state index contributed by atoms with van der Waals surface area (Å²) in [6.07, 6.45) is 0. The Kier molecular flexibility index (Phi) is 1.94. The average Bonchev–Trinajstić information content (AvgIpc) is 2.46. The lowest BCUT2D eigenvalue weighted by Gasteiger charge is -2.04. The van der Waals surface area contributed by atoms with Crippen LogP contribution in [0, 0.1) is 0 Å². The molecule has 2 rings (SSSR count). The Morgan fingerprint density at radius 2 is 2.14 bits per heavy atom. The molecule has 0 saturated carbocycles. The Bertz CT molecular complexity index is 518. The number of sulfonamides is 1. The van der Waals surface area contributed by atoms with E-state index in [1.165, 1.54) is 6.07 Å². The molecular formula is C9H10N2O2S. The highest BCUT2D eigenvalue weighted by atomic mass is 32.2. The van der Waals surface area contributed by atoms with Crippen molar-refractivity contribution in [3.05, 3.63) is 29.3 Å². The smallest absolute Gasteiger partial charge is 0.238 e. The van der Waals surface area contributed by atoms with Crippen LogP contribution >= 0.6 is 0 Å². The van der Waals surface area contributed by atoms with Gasteiger partial charge in [0, 0.05) is 16.8 Å². The summed E-state index contributed by atoms with van der Waals surface area (Å²) in [6.45, 7) is 2.27. The zero-order valence-corrected chi connectivity index (χ0v) is 8.50. The SMILES string of the molecule is CC1=NCc2c1cccc2S(N)(=O)=O. The highest BCUT2D eigenvalue weighted by Gasteiger charge is 2.20. The number of hydrogen-bond acceptors (Lipinski definition) is 3. The second-order valence-corrected chi connectivity index (χ2v) is 4.76. The van der Waals surface area contributed by atoms with Crippen LogP contribution in [0.3, 0.4) is 0 Å². The molecule has 1 heterocycles. The number of primary sulfonamides is 1. The topological polar surface area (TPSA) is 72.5 Å². The van der Waals surface area contributed by atoms with E-state index in [4.69, 9.17) is 5.14 Å². The number of nitrogens with zero attached hydrogens (tertiary/aromatic N) is 1. The molecule has 1 aliphatic rings. The van der Waals surface area contributed by atoms with E-state index in [9.17, 15) is 8.42 Å². The van der Waals surface area contributed by atoms with E-state index in [0.717, 1.165) is 11.3 Å². The molecule has 0 atom stereocenters. The summed E-state index contributed by atoms with van der Waals surface area (Å²) in [5.74, 6) is 0.